The Bertz CT molecular complexity index is 384. The highest BCUT2D eigenvalue weighted by Gasteiger charge is 2.33. The van der Waals surface area contributed by atoms with E-state index in [-0.39, 0.29) is 22.2 Å². The summed E-state index contributed by atoms with van der Waals surface area (Å²) in [6, 6.07) is 0. The normalized spacial score (nSPS) is 11.6. The Morgan fingerprint density at radius 3 is 2.44 bits per heavy atom. The van der Waals surface area contributed by atoms with Crippen LogP contribution in [0.1, 0.15) is 11.1 Å². The van der Waals surface area contributed by atoms with Crippen LogP contribution in [0, 0.1) is 0 Å². The highest BCUT2D eigenvalue weighted by Crippen LogP contribution is 2.32. The Balaban J connectivity index is 3.19. The number of hydrogen-bond acceptors (Lipinski definition) is 4. The Morgan fingerprint density at radius 2 is 2.00 bits per heavy atom. The van der Waals surface area contributed by atoms with Crippen molar-refractivity contribution in [2.24, 2.45) is 0 Å². The van der Waals surface area contributed by atoms with Crippen molar-refractivity contribution >= 4 is 15.9 Å². The van der Waals surface area contributed by atoms with Crippen molar-refractivity contribution in [1.29, 1.82) is 0 Å². The van der Waals surface area contributed by atoms with Crippen molar-refractivity contribution in [3.05, 3.63) is 17.3 Å². The van der Waals surface area contributed by atoms with Crippen LogP contribution in [0.2, 0.25) is 0 Å². The van der Waals surface area contributed by atoms with Crippen LogP contribution in [-0.4, -0.2) is 21.6 Å². The number of rotatable bonds is 3. The number of ether oxygens (including phenoxy) is 1. The van der Waals surface area contributed by atoms with Crippen LogP contribution in [-0.2, 0) is 11.9 Å². The fourth-order valence-electron chi connectivity index (χ4n) is 1.07. The van der Waals surface area contributed by atoms with Gasteiger partial charge in [0, 0.05) is 16.5 Å². The number of hydrogen-bond donors (Lipinski definition) is 2. The summed E-state index contributed by atoms with van der Waals surface area (Å²) in [4.78, 5) is 3.31. The summed E-state index contributed by atoms with van der Waals surface area (Å²) < 4.78 is 39.6. The lowest BCUT2D eigenvalue weighted by molar-refractivity contribution is -0.276. The van der Waals surface area contributed by atoms with Gasteiger partial charge in [-0.2, -0.15) is 0 Å². The zero-order valence-electron chi connectivity index (χ0n) is 7.75. The van der Waals surface area contributed by atoms with Crippen molar-refractivity contribution in [2.75, 3.05) is 0 Å². The van der Waals surface area contributed by atoms with Gasteiger partial charge in [0.2, 0.25) is 5.88 Å². The first kappa shape index (κ1) is 13.0. The largest absolute Gasteiger partial charge is 0.574 e. The van der Waals surface area contributed by atoms with E-state index in [1.54, 1.807) is 0 Å². The van der Waals surface area contributed by atoms with Crippen LogP contribution in [0.4, 0.5) is 13.2 Å². The van der Waals surface area contributed by atoms with E-state index in [4.69, 9.17) is 5.11 Å². The molecule has 16 heavy (non-hydrogen) atoms. The molecular weight excluding hydrogens is 295 g/mol. The third-order valence-corrected chi connectivity index (χ3v) is 2.30. The summed E-state index contributed by atoms with van der Waals surface area (Å²) in [5, 5.41) is 18.1. The van der Waals surface area contributed by atoms with Gasteiger partial charge < -0.3 is 14.9 Å². The first-order chi connectivity index (χ1) is 7.39. The molecule has 1 aromatic heterocycles. The number of pyridine rings is 1. The van der Waals surface area contributed by atoms with Gasteiger partial charge in [0.05, 0.1) is 12.8 Å². The third kappa shape index (κ3) is 2.99. The Hall–Kier alpha value is -1.02. The van der Waals surface area contributed by atoms with Crippen molar-refractivity contribution in [3.63, 3.8) is 0 Å². The van der Waals surface area contributed by atoms with Crippen LogP contribution in [0.15, 0.2) is 6.20 Å². The first-order valence-electron chi connectivity index (χ1n) is 4.01. The van der Waals surface area contributed by atoms with Crippen LogP contribution >= 0.6 is 15.9 Å². The second-order valence-electron chi connectivity index (χ2n) is 2.75. The number of aliphatic hydroxyl groups excluding tert-OH is 1. The van der Waals surface area contributed by atoms with Gasteiger partial charge in [0.25, 0.3) is 0 Å². The van der Waals surface area contributed by atoms with E-state index in [1.165, 1.54) is 0 Å². The lowest BCUT2D eigenvalue weighted by Crippen LogP contribution is -2.19. The number of halogens is 4. The Morgan fingerprint density at radius 1 is 1.38 bits per heavy atom. The van der Waals surface area contributed by atoms with Gasteiger partial charge in [0.1, 0.15) is 5.75 Å². The maximum atomic E-state index is 12.0. The number of aromatic nitrogens is 1. The molecule has 0 aliphatic heterocycles. The lowest BCUT2D eigenvalue weighted by atomic mass is 10.1. The quantitative estimate of drug-likeness (QED) is 0.839. The summed E-state index contributed by atoms with van der Waals surface area (Å²) in [7, 11) is 0. The molecule has 1 heterocycles. The van der Waals surface area contributed by atoms with Crippen LogP contribution in [0.25, 0.3) is 0 Å². The molecule has 0 saturated carbocycles. The molecule has 0 radical (unpaired) electrons. The maximum Gasteiger partial charge on any atom is 0.574 e. The molecule has 0 atom stereocenters. The van der Waals surface area contributed by atoms with Gasteiger partial charge in [-0.25, -0.2) is 4.98 Å². The molecule has 0 unspecified atom stereocenters. The minimum Gasteiger partial charge on any atom is -0.506 e. The number of aromatic hydroxyl groups is 1. The number of alkyl halides is 4. The van der Waals surface area contributed by atoms with Crippen LogP contribution in [0.3, 0.4) is 0 Å². The molecule has 0 aromatic carbocycles. The lowest BCUT2D eigenvalue weighted by Gasteiger charge is -2.14. The Labute approximate surface area is 96.8 Å². The van der Waals surface area contributed by atoms with Gasteiger partial charge in [-0.15, -0.1) is 13.2 Å². The topological polar surface area (TPSA) is 62.6 Å². The smallest absolute Gasteiger partial charge is 0.506 e. The van der Waals surface area contributed by atoms with E-state index in [1.807, 2.05) is 0 Å². The van der Waals surface area contributed by atoms with Gasteiger partial charge in [0.15, 0.2) is 0 Å². The summed E-state index contributed by atoms with van der Waals surface area (Å²) in [5.74, 6) is -1.07. The average molecular weight is 302 g/mol. The SMILES string of the molecule is OCc1c(O)cnc(OC(F)(F)F)c1CBr. The molecule has 2 N–H and O–H groups in total. The van der Waals surface area contributed by atoms with Gasteiger partial charge in [-0.1, -0.05) is 15.9 Å². The van der Waals surface area contributed by atoms with Gasteiger partial charge in [-0.05, 0) is 0 Å². The fraction of sp³-hybridized carbons (Fsp3) is 0.375. The number of nitrogens with zero attached hydrogens (tertiary/aromatic N) is 1. The maximum absolute atomic E-state index is 12.0. The molecule has 4 nitrogen and oxygen atoms in total. The summed E-state index contributed by atoms with van der Waals surface area (Å²) in [6.45, 7) is -0.608. The minimum atomic E-state index is -4.87. The highest BCUT2D eigenvalue weighted by molar-refractivity contribution is 9.08. The van der Waals surface area contributed by atoms with Crippen molar-refractivity contribution in [2.45, 2.75) is 18.3 Å². The molecule has 8 heteroatoms. The van der Waals surface area contributed by atoms with Gasteiger partial charge in [-0.3, -0.25) is 0 Å². The third-order valence-electron chi connectivity index (χ3n) is 1.74. The predicted octanol–water partition coefficient (Wildman–Crippen LogP) is 2.07. The summed E-state index contributed by atoms with van der Waals surface area (Å²) >= 11 is 2.93. The molecule has 0 aliphatic rings. The second kappa shape index (κ2) is 4.88. The van der Waals surface area contributed by atoms with Crippen molar-refractivity contribution < 1.29 is 28.1 Å². The molecule has 0 spiro atoms. The molecule has 0 bridgehead atoms. The van der Waals surface area contributed by atoms with E-state index < -0.39 is 18.8 Å². The minimum absolute atomic E-state index is 0.0320. The first-order valence-corrected chi connectivity index (χ1v) is 5.13. The molecule has 0 fully saturated rings. The standard InChI is InChI=1S/C8H7BrF3NO3/c9-1-4-5(3-14)6(15)2-13-7(4)16-8(10,11)12/h2,14-15H,1,3H2. The molecule has 0 aliphatic carbocycles. The summed E-state index contributed by atoms with van der Waals surface area (Å²) in [5.41, 5.74) is -0.0917. The summed E-state index contributed by atoms with van der Waals surface area (Å²) in [6.07, 6.45) is -4.08. The monoisotopic (exact) mass is 301 g/mol. The molecular formula is C8H7BrF3NO3. The Kier molecular flexibility index (Phi) is 3.98. The molecule has 90 valence electrons. The second-order valence-corrected chi connectivity index (χ2v) is 3.31. The van der Waals surface area contributed by atoms with Gasteiger partial charge >= 0.3 is 6.36 Å². The highest BCUT2D eigenvalue weighted by atomic mass is 79.9. The van der Waals surface area contributed by atoms with E-state index in [0.717, 1.165) is 6.20 Å². The van der Waals surface area contributed by atoms with E-state index in [9.17, 15) is 18.3 Å². The molecule has 0 saturated heterocycles. The van der Waals surface area contributed by atoms with Crippen molar-refractivity contribution in [1.82, 2.24) is 4.98 Å². The zero-order chi connectivity index (χ0) is 12.3. The molecule has 0 amide bonds. The van der Waals surface area contributed by atoms with Crippen LogP contribution in [0.5, 0.6) is 11.6 Å². The van der Waals surface area contributed by atoms with Crippen molar-refractivity contribution in [3.8, 4) is 11.6 Å². The van der Waals surface area contributed by atoms with Crippen LogP contribution < -0.4 is 4.74 Å². The van der Waals surface area contributed by atoms with E-state index >= 15 is 0 Å². The zero-order valence-corrected chi connectivity index (χ0v) is 9.34. The molecule has 1 aromatic rings. The average Bonchev–Trinajstić information content (AvgIpc) is 2.18. The van der Waals surface area contributed by atoms with E-state index in [2.05, 4.69) is 25.7 Å². The predicted molar refractivity (Wildman–Crippen MR) is 51.1 cm³/mol. The number of aliphatic hydroxyl groups is 1. The molecule has 1 rings (SSSR count). The fourth-order valence-corrected chi connectivity index (χ4v) is 1.65. The van der Waals surface area contributed by atoms with E-state index in [0.29, 0.717) is 0 Å².